The topological polar surface area (TPSA) is 63.5 Å². The third-order valence-electron chi connectivity index (χ3n) is 6.27. The second-order valence-corrected chi connectivity index (χ2v) is 8.73. The SMILES string of the molecule is CN=C(NCC1(c2ccccc2Cl)CCOCC1)NC(C)Cc1c(C)nn(C)c1C.I. The maximum Gasteiger partial charge on any atom is 0.191 e. The molecule has 1 aliphatic heterocycles. The van der Waals surface area contributed by atoms with Gasteiger partial charge in [-0.3, -0.25) is 9.67 Å². The first kappa shape index (κ1) is 25.9. The number of benzene rings is 1. The van der Waals surface area contributed by atoms with Gasteiger partial charge in [0.2, 0.25) is 0 Å². The molecule has 31 heavy (non-hydrogen) atoms. The first-order valence-electron chi connectivity index (χ1n) is 10.7. The van der Waals surface area contributed by atoms with E-state index in [0.717, 1.165) is 55.7 Å². The van der Waals surface area contributed by atoms with Gasteiger partial charge < -0.3 is 15.4 Å². The summed E-state index contributed by atoms with van der Waals surface area (Å²) >= 11 is 6.58. The van der Waals surface area contributed by atoms with E-state index in [1.54, 1.807) is 0 Å². The molecule has 1 aromatic carbocycles. The van der Waals surface area contributed by atoms with Crippen LogP contribution >= 0.6 is 35.6 Å². The lowest BCUT2D eigenvalue weighted by Crippen LogP contribution is -2.50. The Morgan fingerprint density at radius 1 is 1.29 bits per heavy atom. The van der Waals surface area contributed by atoms with Crippen molar-refractivity contribution in [1.82, 2.24) is 20.4 Å². The van der Waals surface area contributed by atoms with Gasteiger partial charge in [-0.05, 0) is 57.2 Å². The predicted molar refractivity (Wildman–Crippen MR) is 139 cm³/mol. The zero-order valence-corrected chi connectivity index (χ0v) is 22.3. The van der Waals surface area contributed by atoms with Gasteiger partial charge in [0.1, 0.15) is 0 Å². The summed E-state index contributed by atoms with van der Waals surface area (Å²) in [4.78, 5) is 4.46. The van der Waals surface area contributed by atoms with Crippen molar-refractivity contribution < 1.29 is 4.74 Å². The van der Waals surface area contributed by atoms with Crippen molar-refractivity contribution >= 4 is 41.5 Å². The summed E-state index contributed by atoms with van der Waals surface area (Å²) in [7, 11) is 3.81. The van der Waals surface area contributed by atoms with Crippen molar-refractivity contribution in [1.29, 1.82) is 0 Å². The Bertz CT molecular complexity index is 892. The number of hydrogen-bond donors (Lipinski definition) is 2. The summed E-state index contributed by atoms with van der Waals surface area (Å²) in [6.07, 6.45) is 2.77. The van der Waals surface area contributed by atoms with E-state index in [2.05, 4.69) is 53.6 Å². The molecule has 0 saturated carbocycles. The number of aromatic nitrogens is 2. The van der Waals surface area contributed by atoms with Gasteiger partial charge in [-0.25, -0.2) is 0 Å². The van der Waals surface area contributed by atoms with Crippen molar-refractivity contribution in [3.05, 3.63) is 51.8 Å². The molecule has 2 N–H and O–H groups in total. The second kappa shape index (κ2) is 11.5. The molecule has 1 aromatic heterocycles. The van der Waals surface area contributed by atoms with Gasteiger partial charge in [0.15, 0.2) is 5.96 Å². The number of ether oxygens (including phenoxy) is 1. The van der Waals surface area contributed by atoms with E-state index < -0.39 is 0 Å². The number of guanidine groups is 1. The fourth-order valence-corrected chi connectivity index (χ4v) is 4.68. The maximum absolute atomic E-state index is 6.58. The smallest absolute Gasteiger partial charge is 0.191 e. The van der Waals surface area contributed by atoms with Crippen LogP contribution in [0.5, 0.6) is 0 Å². The van der Waals surface area contributed by atoms with Crippen molar-refractivity contribution in [2.75, 3.05) is 26.8 Å². The van der Waals surface area contributed by atoms with Crippen LogP contribution in [-0.2, 0) is 23.6 Å². The van der Waals surface area contributed by atoms with E-state index in [4.69, 9.17) is 16.3 Å². The summed E-state index contributed by atoms with van der Waals surface area (Å²) < 4.78 is 7.60. The third kappa shape index (κ3) is 6.14. The summed E-state index contributed by atoms with van der Waals surface area (Å²) in [6.45, 7) is 8.62. The molecule has 1 unspecified atom stereocenters. The van der Waals surface area contributed by atoms with Gasteiger partial charge >= 0.3 is 0 Å². The van der Waals surface area contributed by atoms with Gasteiger partial charge in [-0.1, -0.05) is 29.8 Å². The van der Waals surface area contributed by atoms with Gasteiger partial charge in [0, 0.05) is 56.0 Å². The number of halogens is 2. The number of nitrogens with one attached hydrogen (secondary N) is 2. The van der Waals surface area contributed by atoms with Gasteiger partial charge in [0.05, 0.1) is 5.69 Å². The normalized spacial score (nSPS) is 17.0. The molecule has 1 fully saturated rings. The molecule has 0 spiro atoms. The van der Waals surface area contributed by atoms with E-state index >= 15 is 0 Å². The molecule has 0 bridgehead atoms. The minimum absolute atomic E-state index is 0. The highest BCUT2D eigenvalue weighted by Crippen LogP contribution is 2.38. The molecule has 0 amide bonds. The summed E-state index contributed by atoms with van der Waals surface area (Å²) in [6, 6.07) is 8.39. The minimum Gasteiger partial charge on any atom is -0.381 e. The lowest BCUT2D eigenvalue weighted by Gasteiger charge is -2.39. The average Bonchev–Trinajstić information content (AvgIpc) is 2.98. The van der Waals surface area contributed by atoms with Crippen LogP contribution in [0.15, 0.2) is 29.3 Å². The number of aryl methyl sites for hydroxylation is 2. The summed E-state index contributed by atoms with van der Waals surface area (Å²) in [5, 5.41) is 12.4. The number of nitrogens with zero attached hydrogens (tertiary/aromatic N) is 3. The van der Waals surface area contributed by atoms with Gasteiger partial charge in [-0.2, -0.15) is 5.10 Å². The molecule has 0 radical (unpaired) electrons. The first-order valence-corrected chi connectivity index (χ1v) is 11.0. The monoisotopic (exact) mass is 559 g/mol. The Morgan fingerprint density at radius 3 is 2.55 bits per heavy atom. The molecule has 2 aromatic rings. The quantitative estimate of drug-likeness (QED) is 0.317. The van der Waals surface area contributed by atoms with Crippen LogP contribution in [0.3, 0.4) is 0 Å². The summed E-state index contributed by atoms with van der Waals surface area (Å²) in [5.74, 6) is 0.805. The zero-order chi connectivity index (χ0) is 21.7. The number of aliphatic imine (C=N–C) groups is 1. The molecule has 8 heteroatoms. The van der Waals surface area contributed by atoms with Crippen LogP contribution in [0.2, 0.25) is 5.02 Å². The maximum atomic E-state index is 6.58. The molecule has 3 rings (SSSR count). The molecule has 2 heterocycles. The number of hydrogen-bond acceptors (Lipinski definition) is 3. The van der Waals surface area contributed by atoms with E-state index in [1.165, 1.54) is 16.8 Å². The van der Waals surface area contributed by atoms with Crippen molar-refractivity contribution in [3.63, 3.8) is 0 Å². The van der Waals surface area contributed by atoms with E-state index in [1.807, 2.05) is 30.9 Å². The van der Waals surface area contributed by atoms with Crippen LogP contribution < -0.4 is 10.6 Å². The molecule has 1 saturated heterocycles. The van der Waals surface area contributed by atoms with Crippen LogP contribution in [0, 0.1) is 13.8 Å². The summed E-state index contributed by atoms with van der Waals surface area (Å²) in [5.41, 5.74) is 4.72. The van der Waals surface area contributed by atoms with Crippen LogP contribution in [0.1, 0.15) is 42.3 Å². The molecule has 0 aliphatic carbocycles. The molecular formula is C23H35ClIN5O. The lowest BCUT2D eigenvalue weighted by atomic mass is 9.74. The second-order valence-electron chi connectivity index (χ2n) is 8.32. The molecule has 1 aliphatic rings. The molecule has 172 valence electrons. The Hall–Kier alpha value is -1.32. The minimum atomic E-state index is -0.0615. The van der Waals surface area contributed by atoms with Crippen LogP contribution in [-0.4, -0.2) is 48.6 Å². The van der Waals surface area contributed by atoms with Gasteiger partial charge in [0.25, 0.3) is 0 Å². The van der Waals surface area contributed by atoms with Crippen LogP contribution in [0.25, 0.3) is 0 Å². The lowest BCUT2D eigenvalue weighted by molar-refractivity contribution is 0.0514. The molecular weight excluding hydrogens is 525 g/mol. The fraction of sp³-hybridized carbons (Fsp3) is 0.565. The Kier molecular flexibility index (Phi) is 9.64. The Labute approximate surface area is 208 Å². The fourth-order valence-electron chi connectivity index (χ4n) is 4.35. The van der Waals surface area contributed by atoms with Crippen molar-refractivity contribution in [3.8, 4) is 0 Å². The molecule has 6 nitrogen and oxygen atoms in total. The van der Waals surface area contributed by atoms with E-state index in [9.17, 15) is 0 Å². The Morgan fingerprint density at radius 2 is 1.97 bits per heavy atom. The molecule has 1 atom stereocenters. The standard InChI is InChI=1S/C23H34ClN5O.HI/c1-16(14-19-17(2)28-29(5)18(19)3)27-22(25-4)26-15-23(10-12-30-13-11-23)20-8-6-7-9-21(20)24;/h6-9,16H,10-15H2,1-5H3,(H2,25,26,27);1H. The highest BCUT2D eigenvalue weighted by molar-refractivity contribution is 14.0. The number of rotatable bonds is 6. The predicted octanol–water partition coefficient (Wildman–Crippen LogP) is 4.15. The van der Waals surface area contributed by atoms with E-state index in [0.29, 0.717) is 0 Å². The third-order valence-corrected chi connectivity index (χ3v) is 6.59. The largest absolute Gasteiger partial charge is 0.381 e. The van der Waals surface area contributed by atoms with Crippen molar-refractivity contribution in [2.45, 2.75) is 51.5 Å². The highest BCUT2D eigenvalue weighted by atomic mass is 127. The first-order chi connectivity index (χ1) is 14.4. The average molecular weight is 560 g/mol. The van der Waals surface area contributed by atoms with E-state index in [-0.39, 0.29) is 35.4 Å². The Balaban J connectivity index is 0.00000341. The highest BCUT2D eigenvalue weighted by Gasteiger charge is 2.36. The van der Waals surface area contributed by atoms with Crippen molar-refractivity contribution in [2.24, 2.45) is 12.0 Å². The van der Waals surface area contributed by atoms with Crippen LogP contribution in [0.4, 0.5) is 0 Å². The van der Waals surface area contributed by atoms with Gasteiger partial charge in [-0.15, -0.1) is 24.0 Å². The zero-order valence-electron chi connectivity index (χ0n) is 19.2.